The van der Waals surface area contributed by atoms with E-state index in [1.54, 1.807) is 18.0 Å². The van der Waals surface area contributed by atoms with Crippen molar-refractivity contribution in [2.24, 2.45) is 5.92 Å². The molecule has 0 aliphatic carbocycles. The van der Waals surface area contributed by atoms with Gasteiger partial charge in [0.2, 0.25) is 5.91 Å². The first-order valence-electron chi connectivity index (χ1n) is 9.98. The maximum absolute atomic E-state index is 12.9. The summed E-state index contributed by atoms with van der Waals surface area (Å²) in [5.41, 5.74) is 2.35. The van der Waals surface area contributed by atoms with E-state index in [0.717, 1.165) is 16.9 Å². The van der Waals surface area contributed by atoms with E-state index in [0.29, 0.717) is 18.8 Å². The molecule has 7 nitrogen and oxygen atoms in total. The minimum Gasteiger partial charge on any atom is -0.494 e. The molecule has 1 fully saturated rings. The number of aliphatic hydroxyl groups is 1. The third-order valence-corrected chi connectivity index (χ3v) is 5.36. The number of carbonyl (C=O) groups is 1. The van der Waals surface area contributed by atoms with Gasteiger partial charge in [0.15, 0.2) is 0 Å². The van der Waals surface area contributed by atoms with Crippen LogP contribution in [-0.2, 0) is 9.53 Å². The van der Waals surface area contributed by atoms with E-state index < -0.39 is 12.2 Å². The quantitative estimate of drug-likeness (QED) is 0.629. The third kappa shape index (κ3) is 4.08. The average Bonchev–Trinajstić information content (AvgIpc) is 3.47. The maximum Gasteiger partial charge on any atom is 0.226 e. The largest absolute Gasteiger partial charge is 0.494 e. The number of para-hydroxylation sites is 2. The Hall–Kier alpha value is -3.16. The Kier molecular flexibility index (Phi) is 6.11. The van der Waals surface area contributed by atoms with Crippen LogP contribution < -0.4 is 10.1 Å². The Bertz CT molecular complexity index is 989. The van der Waals surface area contributed by atoms with Gasteiger partial charge >= 0.3 is 0 Å². The highest BCUT2D eigenvalue weighted by atomic mass is 16.5. The van der Waals surface area contributed by atoms with E-state index in [1.807, 2.05) is 60.7 Å². The molecule has 1 amide bonds. The molecule has 1 aliphatic heterocycles. The zero-order valence-corrected chi connectivity index (χ0v) is 16.8. The number of ether oxygens (including phenoxy) is 2. The molecule has 2 aromatic carbocycles. The van der Waals surface area contributed by atoms with Gasteiger partial charge in [0.25, 0.3) is 0 Å². The second kappa shape index (κ2) is 9.11. The van der Waals surface area contributed by atoms with E-state index in [2.05, 4.69) is 10.4 Å². The Balaban J connectivity index is 1.49. The van der Waals surface area contributed by atoms with Crippen molar-refractivity contribution in [3.05, 3.63) is 78.1 Å². The minimum absolute atomic E-state index is 0.139. The number of aliphatic hydroxyl groups excluding tert-OH is 1. The highest BCUT2D eigenvalue weighted by Gasteiger charge is 2.37. The van der Waals surface area contributed by atoms with Crippen LogP contribution in [0.5, 0.6) is 5.75 Å². The van der Waals surface area contributed by atoms with Crippen LogP contribution in [0.15, 0.2) is 66.9 Å². The van der Waals surface area contributed by atoms with Crippen molar-refractivity contribution in [3.63, 3.8) is 0 Å². The van der Waals surface area contributed by atoms with Crippen LogP contribution in [-0.4, -0.2) is 41.1 Å². The van der Waals surface area contributed by atoms with Gasteiger partial charge in [-0.1, -0.05) is 42.5 Å². The van der Waals surface area contributed by atoms with Crippen molar-refractivity contribution in [2.45, 2.75) is 18.6 Å². The van der Waals surface area contributed by atoms with Gasteiger partial charge in [0.05, 0.1) is 24.8 Å². The van der Waals surface area contributed by atoms with Crippen LogP contribution >= 0.6 is 0 Å². The summed E-state index contributed by atoms with van der Waals surface area (Å²) in [5.74, 6) is 0.186. The molecular formula is C23H25N3O4. The monoisotopic (exact) mass is 407 g/mol. The van der Waals surface area contributed by atoms with Gasteiger partial charge in [-0.3, -0.25) is 4.79 Å². The Labute approximate surface area is 175 Å². The van der Waals surface area contributed by atoms with Gasteiger partial charge in [0, 0.05) is 19.3 Å². The number of rotatable bonds is 7. The first kappa shape index (κ1) is 20.1. The van der Waals surface area contributed by atoms with E-state index >= 15 is 0 Å². The topological polar surface area (TPSA) is 85.6 Å². The summed E-state index contributed by atoms with van der Waals surface area (Å²) in [6.45, 7) is 0.638. The lowest BCUT2D eigenvalue weighted by atomic mass is 9.97. The second-order valence-corrected chi connectivity index (χ2v) is 7.20. The second-order valence-electron chi connectivity index (χ2n) is 7.20. The van der Waals surface area contributed by atoms with Crippen LogP contribution in [0.3, 0.4) is 0 Å². The predicted octanol–water partition coefficient (Wildman–Crippen LogP) is 2.81. The van der Waals surface area contributed by atoms with Crippen molar-refractivity contribution in [1.82, 2.24) is 15.1 Å². The minimum atomic E-state index is -0.755. The van der Waals surface area contributed by atoms with Crippen LogP contribution in [0.1, 0.15) is 29.9 Å². The van der Waals surface area contributed by atoms with E-state index in [9.17, 15) is 9.90 Å². The molecule has 7 heteroatoms. The highest BCUT2D eigenvalue weighted by molar-refractivity contribution is 5.79. The lowest BCUT2D eigenvalue weighted by molar-refractivity contribution is -0.127. The van der Waals surface area contributed by atoms with Gasteiger partial charge in [0.1, 0.15) is 17.5 Å². The lowest BCUT2D eigenvalue weighted by Crippen LogP contribution is -2.35. The normalized spacial score (nSPS) is 19.4. The van der Waals surface area contributed by atoms with Gasteiger partial charge in [-0.05, 0) is 30.2 Å². The summed E-state index contributed by atoms with van der Waals surface area (Å²) in [6, 6.07) is 18.7. The molecule has 0 saturated carbocycles. The van der Waals surface area contributed by atoms with Crippen molar-refractivity contribution in [1.29, 1.82) is 0 Å². The van der Waals surface area contributed by atoms with Crippen LogP contribution in [0.2, 0.25) is 0 Å². The third-order valence-electron chi connectivity index (χ3n) is 5.36. The molecule has 2 N–H and O–H groups in total. The number of carbonyl (C=O) groups excluding carboxylic acids is 1. The number of hydrogen-bond donors (Lipinski definition) is 2. The SMILES string of the molecule is COc1ccccc1-n1nccc1[C@H]1OCC[C@@H]1C(=O)NC[C@H](O)c1ccccc1. The molecule has 156 valence electrons. The summed E-state index contributed by atoms with van der Waals surface area (Å²) in [5, 5.41) is 17.6. The van der Waals surface area contributed by atoms with Gasteiger partial charge in [-0.25, -0.2) is 4.68 Å². The molecule has 3 atom stereocenters. The fraction of sp³-hybridized carbons (Fsp3) is 0.304. The fourth-order valence-corrected chi connectivity index (χ4v) is 3.81. The molecule has 2 heterocycles. The number of benzene rings is 2. The molecule has 1 aliphatic rings. The molecule has 1 saturated heterocycles. The number of nitrogens with zero attached hydrogens (tertiary/aromatic N) is 2. The summed E-state index contributed by atoms with van der Waals surface area (Å²) < 4.78 is 13.2. The predicted molar refractivity (Wildman–Crippen MR) is 111 cm³/mol. The van der Waals surface area contributed by atoms with Crippen LogP contribution in [0.4, 0.5) is 0 Å². The van der Waals surface area contributed by atoms with Crippen molar-refractivity contribution < 1.29 is 19.4 Å². The number of hydrogen-bond acceptors (Lipinski definition) is 5. The van der Waals surface area contributed by atoms with Gasteiger partial charge in [-0.15, -0.1) is 0 Å². The van der Waals surface area contributed by atoms with E-state index in [4.69, 9.17) is 9.47 Å². The van der Waals surface area contributed by atoms with E-state index in [-0.39, 0.29) is 18.4 Å². The molecule has 0 unspecified atom stereocenters. The van der Waals surface area contributed by atoms with Crippen molar-refractivity contribution >= 4 is 5.91 Å². The Morgan fingerprint density at radius 1 is 1.23 bits per heavy atom. The summed E-state index contributed by atoms with van der Waals surface area (Å²) in [4.78, 5) is 12.9. The van der Waals surface area contributed by atoms with Crippen LogP contribution in [0, 0.1) is 5.92 Å². The first-order chi connectivity index (χ1) is 14.7. The number of nitrogens with one attached hydrogen (secondary N) is 1. The molecule has 0 bridgehead atoms. The number of aromatic nitrogens is 2. The zero-order chi connectivity index (χ0) is 20.9. The molecular weight excluding hydrogens is 382 g/mol. The molecule has 3 aromatic rings. The fourth-order valence-electron chi connectivity index (χ4n) is 3.81. The summed E-state index contributed by atoms with van der Waals surface area (Å²) >= 11 is 0. The molecule has 4 rings (SSSR count). The van der Waals surface area contributed by atoms with Gasteiger partial charge in [-0.2, -0.15) is 5.10 Å². The molecule has 1 aromatic heterocycles. The summed E-state index contributed by atoms with van der Waals surface area (Å²) in [6.07, 6.45) is 1.12. The van der Waals surface area contributed by atoms with Gasteiger partial charge < -0.3 is 19.9 Å². The molecule has 0 radical (unpaired) electrons. The maximum atomic E-state index is 12.9. The van der Waals surface area contributed by atoms with Crippen molar-refractivity contribution in [2.75, 3.05) is 20.3 Å². The molecule has 30 heavy (non-hydrogen) atoms. The smallest absolute Gasteiger partial charge is 0.226 e. The standard InChI is InChI=1S/C23H25N3O4/c1-29-21-10-6-5-9-18(21)26-19(11-13-25-26)22-17(12-14-30-22)23(28)24-15-20(27)16-7-3-2-4-8-16/h2-11,13,17,20,22,27H,12,14-15H2,1H3,(H,24,28)/t17-,20-,22-/m0/s1. The number of methoxy groups -OCH3 is 1. The first-order valence-corrected chi connectivity index (χ1v) is 9.98. The Morgan fingerprint density at radius 2 is 2.00 bits per heavy atom. The van der Waals surface area contributed by atoms with Crippen LogP contribution in [0.25, 0.3) is 5.69 Å². The molecule has 0 spiro atoms. The zero-order valence-electron chi connectivity index (χ0n) is 16.8. The van der Waals surface area contributed by atoms with E-state index in [1.165, 1.54) is 0 Å². The lowest BCUT2D eigenvalue weighted by Gasteiger charge is -2.21. The van der Waals surface area contributed by atoms with Crippen molar-refractivity contribution in [3.8, 4) is 11.4 Å². The Morgan fingerprint density at radius 3 is 2.80 bits per heavy atom. The summed E-state index contributed by atoms with van der Waals surface area (Å²) in [7, 11) is 1.61. The average molecular weight is 407 g/mol. The number of amides is 1. The highest BCUT2D eigenvalue weighted by Crippen LogP contribution is 2.36.